The van der Waals surface area contributed by atoms with E-state index >= 15 is 0 Å². The van der Waals surface area contributed by atoms with Gasteiger partial charge in [0.2, 0.25) is 0 Å². The molecule has 5 heteroatoms. The van der Waals surface area contributed by atoms with Crippen LogP contribution in [-0.4, -0.2) is 21.5 Å². The van der Waals surface area contributed by atoms with Gasteiger partial charge in [0.05, 0.1) is 23.6 Å². The van der Waals surface area contributed by atoms with Gasteiger partial charge in [0.25, 0.3) is 0 Å². The largest absolute Gasteiger partial charge is 0.298 e. The minimum absolute atomic E-state index is 0.394. The van der Waals surface area contributed by atoms with Crippen LogP contribution >= 0.6 is 11.6 Å². The molecule has 0 fully saturated rings. The highest BCUT2D eigenvalue weighted by atomic mass is 35.5. The summed E-state index contributed by atoms with van der Waals surface area (Å²) in [5.74, 6) is 0.764. The monoisotopic (exact) mass is 335 g/mol. The molecule has 0 aliphatic carbocycles. The number of aldehydes is 1. The Bertz CT molecular complexity index is 974. The van der Waals surface area contributed by atoms with Crippen molar-refractivity contribution < 1.29 is 4.79 Å². The van der Waals surface area contributed by atoms with Crippen LogP contribution in [0.5, 0.6) is 0 Å². The van der Waals surface area contributed by atoms with E-state index in [1.807, 2.05) is 60.0 Å². The molecule has 0 amide bonds. The second-order valence-electron chi connectivity index (χ2n) is 5.64. The molecule has 2 heterocycles. The molecule has 3 aromatic rings. The van der Waals surface area contributed by atoms with Gasteiger partial charge < -0.3 is 0 Å². The van der Waals surface area contributed by atoms with Gasteiger partial charge in [-0.1, -0.05) is 41.9 Å². The molecule has 24 heavy (non-hydrogen) atoms. The standard InChI is InChI=1S/C19H14ClN3O/c1-12-22-16(11-24)18-10-21-19(13-5-3-2-4-6-13)15-9-14(20)7-8-17(15)23(12)18/h2-9,11H,10H2,1H3. The molecular weight excluding hydrogens is 322 g/mol. The SMILES string of the molecule is Cc1nc(C=O)c2n1-c1ccc(Cl)cc1C(c1ccccc1)=NC2. The first-order chi connectivity index (χ1) is 11.7. The van der Waals surface area contributed by atoms with Crippen molar-refractivity contribution in [3.63, 3.8) is 0 Å². The summed E-state index contributed by atoms with van der Waals surface area (Å²) in [5.41, 5.74) is 5.00. The number of rotatable bonds is 2. The van der Waals surface area contributed by atoms with E-state index in [9.17, 15) is 4.79 Å². The van der Waals surface area contributed by atoms with E-state index in [1.165, 1.54) is 0 Å². The Morgan fingerprint density at radius 3 is 2.71 bits per heavy atom. The van der Waals surface area contributed by atoms with Gasteiger partial charge in [0.15, 0.2) is 6.29 Å². The van der Waals surface area contributed by atoms with Gasteiger partial charge in [-0.05, 0) is 25.1 Å². The number of halogens is 1. The number of hydrogen-bond acceptors (Lipinski definition) is 3. The molecule has 0 bridgehead atoms. The summed E-state index contributed by atoms with van der Waals surface area (Å²) in [5, 5.41) is 0.647. The van der Waals surface area contributed by atoms with Crippen molar-refractivity contribution in [2.24, 2.45) is 4.99 Å². The van der Waals surface area contributed by atoms with E-state index in [0.29, 0.717) is 17.3 Å². The Kier molecular flexibility index (Phi) is 3.54. The molecule has 1 aliphatic heterocycles. The summed E-state index contributed by atoms with van der Waals surface area (Å²) >= 11 is 6.25. The van der Waals surface area contributed by atoms with Crippen molar-refractivity contribution in [3.8, 4) is 5.69 Å². The number of aromatic nitrogens is 2. The van der Waals surface area contributed by atoms with Crippen molar-refractivity contribution in [3.05, 3.63) is 81.9 Å². The topological polar surface area (TPSA) is 47.2 Å². The molecule has 4 nitrogen and oxygen atoms in total. The number of fused-ring (bicyclic) bond motifs is 3. The number of imidazole rings is 1. The third-order valence-electron chi connectivity index (χ3n) is 4.17. The number of carbonyl (C=O) groups is 1. The van der Waals surface area contributed by atoms with Crippen LogP contribution in [0.15, 0.2) is 53.5 Å². The fourth-order valence-electron chi connectivity index (χ4n) is 3.14. The van der Waals surface area contributed by atoms with Gasteiger partial charge in [0, 0.05) is 16.1 Å². The van der Waals surface area contributed by atoms with Gasteiger partial charge in [-0.3, -0.25) is 14.4 Å². The van der Waals surface area contributed by atoms with Crippen molar-refractivity contribution in [2.75, 3.05) is 0 Å². The highest BCUT2D eigenvalue weighted by Crippen LogP contribution is 2.29. The normalized spacial score (nSPS) is 12.8. The summed E-state index contributed by atoms with van der Waals surface area (Å²) < 4.78 is 1.99. The Morgan fingerprint density at radius 1 is 1.17 bits per heavy atom. The molecule has 0 N–H and O–H groups in total. The van der Waals surface area contributed by atoms with Crippen LogP contribution in [0, 0.1) is 6.92 Å². The van der Waals surface area contributed by atoms with Gasteiger partial charge in [-0.2, -0.15) is 0 Å². The third kappa shape index (κ3) is 2.27. The molecule has 0 saturated carbocycles. The second kappa shape index (κ2) is 5.73. The molecule has 0 atom stereocenters. The molecule has 0 saturated heterocycles. The lowest BCUT2D eigenvalue weighted by Gasteiger charge is -2.13. The van der Waals surface area contributed by atoms with E-state index in [-0.39, 0.29) is 0 Å². The molecule has 1 aromatic heterocycles. The van der Waals surface area contributed by atoms with Gasteiger partial charge in [-0.15, -0.1) is 0 Å². The Hall–Kier alpha value is -2.72. The lowest BCUT2D eigenvalue weighted by atomic mass is 10.0. The zero-order valence-corrected chi connectivity index (χ0v) is 13.8. The van der Waals surface area contributed by atoms with Crippen LogP contribution in [0.1, 0.15) is 33.1 Å². The van der Waals surface area contributed by atoms with E-state index in [2.05, 4.69) is 4.98 Å². The van der Waals surface area contributed by atoms with Crippen LogP contribution < -0.4 is 0 Å². The van der Waals surface area contributed by atoms with E-state index in [1.54, 1.807) is 0 Å². The number of aliphatic imine (C=N–C) groups is 1. The molecule has 0 radical (unpaired) electrons. The lowest BCUT2D eigenvalue weighted by molar-refractivity contribution is 0.111. The maximum Gasteiger partial charge on any atom is 0.170 e. The Balaban J connectivity index is 2.04. The maximum atomic E-state index is 11.4. The predicted molar refractivity (Wildman–Crippen MR) is 94.5 cm³/mol. The number of nitrogens with zero attached hydrogens (tertiary/aromatic N) is 3. The number of aryl methyl sites for hydroxylation is 1. The van der Waals surface area contributed by atoms with Crippen LogP contribution in [0.4, 0.5) is 0 Å². The molecule has 2 aromatic carbocycles. The van der Waals surface area contributed by atoms with Crippen LogP contribution in [0.2, 0.25) is 5.02 Å². The molecule has 1 aliphatic rings. The van der Waals surface area contributed by atoms with E-state index in [4.69, 9.17) is 16.6 Å². The summed E-state index contributed by atoms with van der Waals surface area (Å²) in [6.07, 6.45) is 0.789. The second-order valence-corrected chi connectivity index (χ2v) is 6.07. The fraction of sp³-hybridized carbons (Fsp3) is 0.105. The highest BCUT2D eigenvalue weighted by molar-refractivity contribution is 6.31. The summed E-state index contributed by atoms with van der Waals surface area (Å²) in [7, 11) is 0. The van der Waals surface area contributed by atoms with Crippen molar-refractivity contribution in [1.82, 2.24) is 9.55 Å². The van der Waals surface area contributed by atoms with Gasteiger partial charge in [0.1, 0.15) is 11.5 Å². The number of carbonyl (C=O) groups excluding carboxylic acids is 1. The first kappa shape index (κ1) is 14.8. The molecular formula is C19H14ClN3O. The molecule has 0 unspecified atom stereocenters. The predicted octanol–water partition coefficient (Wildman–Crippen LogP) is 4.00. The zero-order valence-electron chi connectivity index (χ0n) is 13.0. The molecule has 118 valence electrons. The Morgan fingerprint density at radius 2 is 1.96 bits per heavy atom. The van der Waals surface area contributed by atoms with Crippen LogP contribution in [-0.2, 0) is 6.54 Å². The number of hydrogen-bond donors (Lipinski definition) is 0. The minimum atomic E-state index is 0.394. The Labute approximate surface area is 144 Å². The van der Waals surface area contributed by atoms with Crippen molar-refractivity contribution in [1.29, 1.82) is 0 Å². The minimum Gasteiger partial charge on any atom is -0.298 e. The summed E-state index contributed by atoms with van der Waals surface area (Å²) in [6, 6.07) is 15.7. The smallest absolute Gasteiger partial charge is 0.170 e. The highest BCUT2D eigenvalue weighted by Gasteiger charge is 2.23. The summed E-state index contributed by atoms with van der Waals surface area (Å²) in [4.78, 5) is 20.5. The average Bonchev–Trinajstić information content (AvgIpc) is 2.82. The third-order valence-corrected chi connectivity index (χ3v) is 4.41. The molecule has 0 spiro atoms. The van der Waals surface area contributed by atoms with E-state index in [0.717, 1.165) is 40.3 Å². The lowest BCUT2D eigenvalue weighted by Crippen LogP contribution is -2.08. The summed E-state index contributed by atoms with van der Waals surface area (Å²) in [6.45, 7) is 2.29. The van der Waals surface area contributed by atoms with Crippen molar-refractivity contribution >= 4 is 23.6 Å². The zero-order chi connectivity index (χ0) is 16.7. The first-order valence-corrected chi connectivity index (χ1v) is 8.00. The van der Waals surface area contributed by atoms with Crippen LogP contribution in [0.3, 0.4) is 0 Å². The maximum absolute atomic E-state index is 11.4. The average molecular weight is 336 g/mol. The van der Waals surface area contributed by atoms with Crippen molar-refractivity contribution in [2.45, 2.75) is 13.5 Å². The van der Waals surface area contributed by atoms with E-state index < -0.39 is 0 Å². The fourth-order valence-corrected chi connectivity index (χ4v) is 3.31. The van der Waals surface area contributed by atoms with Crippen LogP contribution in [0.25, 0.3) is 5.69 Å². The number of benzene rings is 2. The first-order valence-electron chi connectivity index (χ1n) is 7.62. The quantitative estimate of drug-likeness (QED) is 0.665. The van der Waals surface area contributed by atoms with Gasteiger partial charge in [-0.25, -0.2) is 4.98 Å². The molecule has 4 rings (SSSR count). The van der Waals surface area contributed by atoms with Gasteiger partial charge >= 0.3 is 0 Å².